The highest BCUT2D eigenvalue weighted by atomic mass is 35.5. The number of hydrogen-bond acceptors (Lipinski definition) is 9. The smallest absolute Gasteiger partial charge is 0.282 e. The summed E-state index contributed by atoms with van der Waals surface area (Å²) in [7, 11) is -6.89. The van der Waals surface area contributed by atoms with Crippen molar-refractivity contribution < 1.29 is 26.4 Å². The molecule has 41 heavy (non-hydrogen) atoms. The van der Waals surface area contributed by atoms with Gasteiger partial charge in [-0.1, -0.05) is 11.6 Å². The van der Waals surface area contributed by atoms with Crippen LogP contribution in [0.1, 0.15) is 33.7 Å². The Morgan fingerprint density at radius 3 is 2.63 bits per heavy atom. The first-order valence-electron chi connectivity index (χ1n) is 12.5. The van der Waals surface area contributed by atoms with Gasteiger partial charge in [-0.15, -0.1) is 23.7 Å². The van der Waals surface area contributed by atoms with Crippen LogP contribution in [0.25, 0.3) is 10.9 Å². The topological polar surface area (TPSA) is 153 Å². The van der Waals surface area contributed by atoms with Crippen LogP contribution in [0.2, 0.25) is 5.02 Å². The zero-order chi connectivity index (χ0) is 29.0. The van der Waals surface area contributed by atoms with Gasteiger partial charge in [0, 0.05) is 72.9 Å². The second-order valence-corrected chi connectivity index (χ2v) is 15.5. The van der Waals surface area contributed by atoms with E-state index in [2.05, 4.69) is 15.3 Å². The minimum absolute atomic E-state index is 0. The molecule has 2 amide bonds. The number of fused-ring (bicyclic) bond motifs is 2. The van der Waals surface area contributed by atoms with Gasteiger partial charge in [-0.2, -0.15) is 4.31 Å². The Hall–Kier alpha value is -2.27. The van der Waals surface area contributed by atoms with E-state index in [0.29, 0.717) is 38.2 Å². The summed E-state index contributed by atoms with van der Waals surface area (Å²) in [5.74, 6) is -1.13. The van der Waals surface area contributed by atoms with E-state index in [0.717, 1.165) is 28.2 Å². The summed E-state index contributed by atoms with van der Waals surface area (Å²) in [4.78, 5) is 36.3. The van der Waals surface area contributed by atoms with Crippen molar-refractivity contribution in [3.8, 4) is 0 Å². The van der Waals surface area contributed by atoms with Crippen molar-refractivity contribution in [1.29, 1.82) is 0 Å². The van der Waals surface area contributed by atoms with Crippen LogP contribution in [-0.4, -0.2) is 97.1 Å². The SMILES string of the molecule is CC1Cc2nc(C(=O)N3CCN(S(=O)(=O)c4cc5cc(Cl)ccc5[nH]4)C(CC(=O)N(C)S(C)(=O)=O)C3)sc2CN1.Cl. The molecule has 0 saturated carbocycles. The summed E-state index contributed by atoms with van der Waals surface area (Å²) >= 11 is 7.37. The number of rotatable bonds is 6. The molecule has 12 nitrogen and oxygen atoms in total. The van der Waals surface area contributed by atoms with E-state index in [1.807, 2.05) is 6.92 Å². The molecule has 2 aliphatic rings. The average molecular weight is 666 g/mol. The molecule has 2 unspecified atom stereocenters. The van der Waals surface area contributed by atoms with Gasteiger partial charge in [0.1, 0.15) is 5.03 Å². The molecule has 1 saturated heterocycles. The summed E-state index contributed by atoms with van der Waals surface area (Å²) in [6.07, 6.45) is 1.16. The summed E-state index contributed by atoms with van der Waals surface area (Å²) in [6.45, 7) is 2.55. The van der Waals surface area contributed by atoms with Gasteiger partial charge in [-0.05, 0) is 31.2 Å². The van der Waals surface area contributed by atoms with Gasteiger partial charge in [0.25, 0.3) is 15.9 Å². The molecule has 5 rings (SSSR count). The highest BCUT2D eigenvalue weighted by Gasteiger charge is 2.41. The lowest BCUT2D eigenvalue weighted by Gasteiger charge is -2.40. The van der Waals surface area contributed by atoms with E-state index in [1.165, 1.54) is 22.3 Å². The number of H-pyrrole nitrogens is 1. The number of thiazole rings is 1. The van der Waals surface area contributed by atoms with E-state index in [1.54, 1.807) is 18.2 Å². The third-order valence-electron chi connectivity index (χ3n) is 7.19. The number of piperazine rings is 1. The molecule has 0 spiro atoms. The maximum atomic E-state index is 13.8. The van der Waals surface area contributed by atoms with Crippen LogP contribution in [0.15, 0.2) is 29.3 Å². The maximum Gasteiger partial charge on any atom is 0.282 e. The lowest BCUT2D eigenvalue weighted by Crippen LogP contribution is -2.57. The largest absolute Gasteiger partial charge is 0.345 e. The zero-order valence-electron chi connectivity index (χ0n) is 22.5. The predicted octanol–water partition coefficient (Wildman–Crippen LogP) is 2.06. The molecular weight excluding hydrogens is 635 g/mol. The summed E-state index contributed by atoms with van der Waals surface area (Å²) in [5, 5.41) is 4.61. The number of hydrogen-bond donors (Lipinski definition) is 2. The zero-order valence-corrected chi connectivity index (χ0v) is 26.5. The number of nitrogens with one attached hydrogen (secondary N) is 2. The fraction of sp³-hybridized carbons (Fsp3) is 0.458. The lowest BCUT2D eigenvalue weighted by atomic mass is 10.1. The number of carbonyl (C=O) groups is 2. The molecule has 224 valence electrons. The number of nitrogens with zero attached hydrogens (tertiary/aromatic N) is 4. The van der Waals surface area contributed by atoms with Crippen LogP contribution in [-0.2, 0) is 37.8 Å². The molecule has 2 aliphatic heterocycles. The number of aromatic nitrogens is 2. The monoisotopic (exact) mass is 664 g/mol. The highest BCUT2D eigenvalue weighted by molar-refractivity contribution is 7.89. The predicted molar refractivity (Wildman–Crippen MR) is 158 cm³/mol. The Morgan fingerprint density at radius 2 is 1.93 bits per heavy atom. The number of amides is 2. The van der Waals surface area contributed by atoms with Crippen LogP contribution in [0.5, 0.6) is 0 Å². The lowest BCUT2D eigenvalue weighted by molar-refractivity contribution is -0.126. The molecule has 0 aliphatic carbocycles. The second kappa shape index (κ2) is 11.8. The molecule has 1 fully saturated rings. The number of sulfonamides is 2. The molecule has 0 radical (unpaired) electrons. The highest BCUT2D eigenvalue weighted by Crippen LogP contribution is 2.29. The molecule has 4 heterocycles. The second-order valence-electron chi connectivity index (χ2n) is 10.1. The Balaban J connectivity index is 0.00000387. The van der Waals surface area contributed by atoms with Gasteiger partial charge in [0.05, 0.1) is 18.0 Å². The van der Waals surface area contributed by atoms with Crippen molar-refractivity contribution in [3.63, 3.8) is 0 Å². The molecule has 2 aromatic heterocycles. The van der Waals surface area contributed by atoms with E-state index in [9.17, 15) is 26.4 Å². The van der Waals surface area contributed by atoms with Crippen molar-refractivity contribution in [2.45, 2.75) is 43.4 Å². The van der Waals surface area contributed by atoms with Crippen molar-refractivity contribution in [1.82, 2.24) is 28.8 Å². The molecule has 3 aromatic rings. The van der Waals surface area contributed by atoms with Crippen molar-refractivity contribution in [3.05, 3.63) is 44.9 Å². The number of halogens is 2. The molecule has 1 aromatic carbocycles. The third kappa shape index (κ3) is 6.40. The Bertz CT molecular complexity index is 1710. The van der Waals surface area contributed by atoms with Gasteiger partial charge in [-0.3, -0.25) is 9.59 Å². The summed E-state index contributed by atoms with van der Waals surface area (Å²) < 4.78 is 53.4. The Morgan fingerprint density at radius 1 is 1.20 bits per heavy atom. The maximum absolute atomic E-state index is 13.8. The standard InChI is InChI=1S/C24H29ClN6O6S3.ClH/c1-14-8-19-20(12-26-14)38-23(28-19)24(33)30-6-7-31(17(13-30)11-22(32)29(2)39(3,34)35)40(36,37)21-10-15-9-16(25)4-5-18(15)27-21;/h4-5,9-10,14,17,26-27H,6-8,11-13H2,1-3H3;1H. The van der Waals surface area contributed by atoms with Crippen LogP contribution in [0.4, 0.5) is 0 Å². The first-order valence-corrected chi connectivity index (χ1v) is 17.0. The first-order chi connectivity index (χ1) is 18.7. The quantitative estimate of drug-likeness (QED) is 0.406. The van der Waals surface area contributed by atoms with Gasteiger partial charge >= 0.3 is 0 Å². The van der Waals surface area contributed by atoms with Gasteiger partial charge in [0.2, 0.25) is 15.9 Å². The van der Waals surface area contributed by atoms with Crippen molar-refractivity contribution in [2.24, 2.45) is 0 Å². The van der Waals surface area contributed by atoms with Crippen molar-refractivity contribution >= 4 is 78.1 Å². The summed E-state index contributed by atoms with van der Waals surface area (Å²) in [5.41, 5.74) is 1.44. The number of benzene rings is 1. The fourth-order valence-corrected chi connectivity index (χ4v) is 8.16. The van der Waals surface area contributed by atoms with E-state index in [-0.39, 0.29) is 49.0 Å². The van der Waals surface area contributed by atoms with Crippen LogP contribution in [0.3, 0.4) is 0 Å². The van der Waals surface area contributed by atoms with Gasteiger partial charge in [0.15, 0.2) is 5.01 Å². The van der Waals surface area contributed by atoms with Gasteiger partial charge < -0.3 is 15.2 Å². The first kappa shape index (κ1) is 31.7. The molecule has 2 N–H and O–H groups in total. The van der Waals surface area contributed by atoms with E-state index < -0.39 is 38.4 Å². The van der Waals surface area contributed by atoms with Crippen LogP contribution in [0, 0.1) is 0 Å². The molecule has 17 heteroatoms. The Labute approximate surface area is 253 Å². The minimum Gasteiger partial charge on any atom is -0.345 e. The molecule has 0 bridgehead atoms. The average Bonchev–Trinajstić information content (AvgIpc) is 3.51. The normalized spacial score (nSPS) is 20.0. The third-order valence-corrected chi connectivity index (χ3v) is 11.6. The fourth-order valence-electron chi connectivity index (χ4n) is 4.90. The number of aromatic amines is 1. The van der Waals surface area contributed by atoms with Gasteiger partial charge in [-0.25, -0.2) is 26.1 Å². The van der Waals surface area contributed by atoms with Crippen molar-refractivity contribution in [2.75, 3.05) is 32.9 Å². The molecule has 2 atom stereocenters. The van der Waals surface area contributed by atoms with Crippen LogP contribution >= 0.6 is 35.3 Å². The Kier molecular flexibility index (Phi) is 9.10. The van der Waals surface area contributed by atoms with E-state index in [4.69, 9.17) is 11.6 Å². The number of carbonyl (C=O) groups excluding carboxylic acids is 2. The summed E-state index contributed by atoms with van der Waals surface area (Å²) in [6, 6.07) is 5.63. The molecular formula is C24H30Cl2N6O6S3. The van der Waals surface area contributed by atoms with E-state index >= 15 is 0 Å². The minimum atomic E-state index is -4.16. The van der Waals surface area contributed by atoms with Crippen LogP contribution < -0.4 is 5.32 Å².